The monoisotopic (exact) mass is 667 g/mol. The number of hydrogen-bond acceptors (Lipinski definition) is 12. The van der Waals surface area contributed by atoms with Gasteiger partial charge < -0.3 is 25.8 Å². The Morgan fingerprint density at radius 1 is 1.19 bits per heavy atom. The Morgan fingerprint density at radius 3 is 2.71 bits per heavy atom. The number of nitrogens with zero attached hydrogens (tertiary/aromatic N) is 9. The highest BCUT2D eigenvalue weighted by Crippen LogP contribution is 2.43. The Morgan fingerprint density at radius 2 is 2.02 bits per heavy atom. The average molecular weight is 668 g/mol. The van der Waals surface area contributed by atoms with E-state index in [1.165, 1.54) is 11.3 Å². The maximum atomic E-state index is 10.1. The minimum Gasteiger partial charge on any atom is -0.389 e. The molecular formula is C35H45N11OS. The first-order valence-corrected chi connectivity index (χ1v) is 17.8. The number of nitriles is 1. The fraction of sp³-hybridized carbons (Fsp3) is 0.486. The van der Waals surface area contributed by atoms with Gasteiger partial charge in [0.05, 0.1) is 23.2 Å². The molecule has 0 amide bonds. The number of likely N-dealkylation sites (tertiary alicyclic amines) is 1. The lowest BCUT2D eigenvalue weighted by Gasteiger charge is -2.27. The molecule has 0 radical (unpaired) electrons. The molecule has 2 atom stereocenters. The van der Waals surface area contributed by atoms with Crippen LogP contribution >= 0.6 is 11.3 Å². The molecule has 6 heterocycles. The van der Waals surface area contributed by atoms with E-state index in [1.54, 1.807) is 6.20 Å². The highest BCUT2D eigenvalue weighted by molar-refractivity contribution is 7.16. The van der Waals surface area contributed by atoms with E-state index in [4.69, 9.17) is 31.1 Å². The highest BCUT2D eigenvalue weighted by Gasteiger charge is 2.32. The van der Waals surface area contributed by atoms with Crippen LogP contribution in [0.1, 0.15) is 87.4 Å². The third kappa shape index (κ3) is 6.10. The van der Waals surface area contributed by atoms with Crippen LogP contribution < -0.4 is 16.4 Å². The second-order valence-corrected chi connectivity index (χ2v) is 13.8. The number of aryl methyl sites for hydroxylation is 1. The molecule has 1 fully saturated rings. The van der Waals surface area contributed by atoms with Crippen molar-refractivity contribution in [1.29, 1.82) is 5.26 Å². The van der Waals surface area contributed by atoms with Gasteiger partial charge in [0.1, 0.15) is 28.4 Å². The summed E-state index contributed by atoms with van der Waals surface area (Å²) in [4.78, 5) is 20.3. The molecular weight excluding hydrogens is 623 g/mol. The number of unbranched alkanes of at least 4 members (excludes halogenated alkanes) is 1. The van der Waals surface area contributed by atoms with Gasteiger partial charge in [-0.3, -0.25) is 0 Å². The standard InChI is InChI=1S/C35H45N11OS/c1-6-9-14-23-29(28-24(18-36)32(38)48-27(28)12-7-2)43-47-30(23)33-41-34(45(8-3)20-22-13-10-16-39-31(22)37)25-19-40-46(35(25)42-33)21(4)26-15-11-17-44(26)5/h10,13,16,19,21,26H,6-9,11-12,14-15,17,20,38H2,1-5H3,(H2,37,39). The molecule has 6 rings (SSSR count). The van der Waals surface area contributed by atoms with Gasteiger partial charge in [0, 0.05) is 46.9 Å². The molecule has 5 aromatic heterocycles. The van der Waals surface area contributed by atoms with E-state index in [1.807, 2.05) is 23.0 Å². The minimum absolute atomic E-state index is 0.0862. The number of nitrogens with two attached hydrogens (primary N) is 2. The average Bonchev–Trinajstić information content (AvgIpc) is 3.87. The van der Waals surface area contributed by atoms with Gasteiger partial charge >= 0.3 is 0 Å². The number of thiophene rings is 1. The predicted octanol–water partition coefficient (Wildman–Crippen LogP) is 6.62. The van der Waals surface area contributed by atoms with Gasteiger partial charge in [-0.15, -0.1) is 11.3 Å². The van der Waals surface area contributed by atoms with Crippen LogP contribution in [0, 0.1) is 11.3 Å². The Hall–Kier alpha value is -4.54. The van der Waals surface area contributed by atoms with Crippen LogP contribution in [0.5, 0.6) is 0 Å². The molecule has 5 aromatic rings. The summed E-state index contributed by atoms with van der Waals surface area (Å²) in [7, 11) is 2.18. The van der Waals surface area contributed by atoms with E-state index in [-0.39, 0.29) is 6.04 Å². The molecule has 0 spiro atoms. The molecule has 0 aliphatic carbocycles. The molecule has 1 aliphatic heterocycles. The lowest BCUT2D eigenvalue weighted by Crippen LogP contribution is -2.33. The first-order chi connectivity index (χ1) is 23.3. The van der Waals surface area contributed by atoms with Gasteiger partial charge in [-0.2, -0.15) is 10.4 Å². The SMILES string of the molecule is CCCCc1c(-c2c(CCC)sc(N)c2C#N)noc1-c1nc(N(CC)Cc2cccnc2N)c2cnn(C(C)C3CCCN3C)c2n1. The van der Waals surface area contributed by atoms with Gasteiger partial charge in [-0.25, -0.2) is 19.6 Å². The lowest BCUT2D eigenvalue weighted by atomic mass is 9.97. The normalized spacial score (nSPS) is 15.7. The molecule has 1 saturated heterocycles. The van der Waals surface area contributed by atoms with Gasteiger partial charge in [0.2, 0.25) is 11.6 Å². The third-order valence-corrected chi connectivity index (χ3v) is 10.6. The van der Waals surface area contributed by atoms with Crippen LogP contribution in [-0.4, -0.2) is 61.0 Å². The number of hydrogen-bond donors (Lipinski definition) is 2. The first-order valence-electron chi connectivity index (χ1n) is 17.0. The number of nitrogen functional groups attached to an aromatic ring is 2. The van der Waals surface area contributed by atoms with Crippen molar-refractivity contribution in [2.75, 3.05) is 36.5 Å². The summed E-state index contributed by atoms with van der Waals surface area (Å²) in [6.07, 6.45) is 10.1. The number of likely N-dealkylation sites (N-methyl/N-ethyl adjacent to an activating group) is 1. The number of rotatable bonds is 13. The largest absolute Gasteiger partial charge is 0.389 e. The summed E-state index contributed by atoms with van der Waals surface area (Å²) >= 11 is 1.46. The molecule has 4 N–H and O–H groups in total. The van der Waals surface area contributed by atoms with E-state index in [2.05, 4.69) is 60.8 Å². The summed E-state index contributed by atoms with van der Waals surface area (Å²) in [6.45, 7) is 10.8. The Labute approximate surface area is 285 Å². The van der Waals surface area contributed by atoms with Gasteiger partial charge in [-0.1, -0.05) is 37.9 Å². The molecule has 0 bridgehead atoms. The fourth-order valence-electron chi connectivity index (χ4n) is 6.92. The van der Waals surface area contributed by atoms with Gasteiger partial charge in [0.25, 0.3) is 0 Å². The fourth-order valence-corrected chi connectivity index (χ4v) is 8.04. The van der Waals surface area contributed by atoms with Crippen molar-refractivity contribution in [3.05, 3.63) is 46.1 Å². The predicted molar refractivity (Wildman–Crippen MR) is 192 cm³/mol. The second kappa shape index (κ2) is 14.3. The number of anilines is 3. The van der Waals surface area contributed by atoms with Crippen molar-refractivity contribution in [2.24, 2.45) is 0 Å². The van der Waals surface area contributed by atoms with Crippen LogP contribution in [0.25, 0.3) is 33.9 Å². The van der Waals surface area contributed by atoms with E-state index < -0.39 is 0 Å². The van der Waals surface area contributed by atoms with Crippen molar-refractivity contribution in [3.63, 3.8) is 0 Å². The molecule has 12 nitrogen and oxygen atoms in total. The van der Waals surface area contributed by atoms with E-state index in [9.17, 15) is 5.26 Å². The second-order valence-electron chi connectivity index (χ2n) is 12.6. The molecule has 0 aromatic carbocycles. The van der Waals surface area contributed by atoms with E-state index in [0.29, 0.717) is 59.2 Å². The van der Waals surface area contributed by atoms with Crippen LogP contribution in [0.15, 0.2) is 29.0 Å². The van der Waals surface area contributed by atoms with Crippen molar-refractivity contribution < 1.29 is 4.52 Å². The summed E-state index contributed by atoms with van der Waals surface area (Å²) in [5.74, 6) is 2.17. The van der Waals surface area contributed by atoms with Crippen molar-refractivity contribution >= 4 is 39.0 Å². The molecule has 1 aliphatic rings. The topological polar surface area (TPSA) is 165 Å². The summed E-state index contributed by atoms with van der Waals surface area (Å²) in [5.41, 5.74) is 17.1. The maximum absolute atomic E-state index is 10.1. The van der Waals surface area contributed by atoms with Crippen molar-refractivity contribution in [2.45, 2.75) is 91.3 Å². The maximum Gasteiger partial charge on any atom is 0.208 e. The first kappa shape index (κ1) is 33.4. The van der Waals surface area contributed by atoms with Crippen LogP contribution in [0.3, 0.4) is 0 Å². The molecule has 13 heteroatoms. The molecule has 2 unspecified atom stereocenters. The smallest absolute Gasteiger partial charge is 0.208 e. The van der Waals surface area contributed by atoms with Crippen LogP contribution in [-0.2, 0) is 19.4 Å². The minimum atomic E-state index is 0.0862. The summed E-state index contributed by atoms with van der Waals surface area (Å²) < 4.78 is 8.26. The molecule has 252 valence electrons. The zero-order valence-corrected chi connectivity index (χ0v) is 29.3. The summed E-state index contributed by atoms with van der Waals surface area (Å²) in [5, 5.41) is 21.1. The Balaban J connectivity index is 1.56. The van der Waals surface area contributed by atoms with Crippen LogP contribution in [0.2, 0.25) is 0 Å². The van der Waals surface area contributed by atoms with E-state index >= 15 is 0 Å². The third-order valence-electron chi connectivity index (χ3n) is 9.53. The zero-order valence-electron chi connectivity index (χ0n) is 28.5. The van der Waals surface area contributed by atoms with Crippen LogP contribution in [0.4, 0.5) is 16.6 Å². The molecule has 0 saturated carbocycles. The highest BCUT2D eigenvalue weighted by atomic mass is 32.1. The van der Waals surface area contributed by atoms with E-state index in [0.717, 1.165) is 83.5 Å². The number of fused-ring (bicyclic) bond motifs is 1. The van der Waals surface area contributed by atoms with Crippen molar-refractivity contribution in [3.8, 4) is 28.9 Å². The van der Waals surface area contributed by atoms with Gasteiger partial charge in [0.15, 0.2) is 5.65 Å². The molecule has 48 heavy (non-hydrogen) atoms. The Kier molecular flexibility index (Phi) is 9.93. The van der Waals surface area contributed by atoms with Gasteiger partial charge in [-0.05, 0) is 65.6 Å². The lowest BCUT2D eigenvalue weighted by molar-refractivity contribution is 0.232. The Bertz CT molecular complexity index is 1940. The quantitative estimate of drug-likeness (QED) is 0.139. The van der Waals surface area contributed by atoms with Crippen molar-refractivity contribution in [1.82, 2.24) is 34.8 Å². The zero-order chi connectivity index (χ0) is 33.9. The summed E-state index contributed by atoms with van der Waals surface area (Å²) in [6, 6.07) is 6.65. The number of aromatic nitrogens is 6. The number of pyridine rings is 1.